The quantitative estimate of drug-likeness (QED) is 0.414. The van der Waals surface area contributed by atoms with Crippen molar-refractivity contribution in [2.45, 2.75) is 19.5 Å². The highest BCUT2D eigenvalue weighted by Gasteiger charge is 2.09. The van der Waals surface area contributed by atoms with Crippen LogP contribution in [-0.2, 0) is 17.9 Å². The van der Waals surface area contributed by atoms with E-state index in [-0.39, 0.29) is 18.2 Å². The van der Waals surface area contributed by atoms with Crippen LogP contribution in [0, 0.1) is 0 Å². The van der Waals surface area contributed by atoms with Crippen LogP contribution in [0.3, 0.4) is 0 Å². The average Bonchev–Trinajstić information content (AvgIpc) is 3.37. The first-order valence-corrected chi connectivity index (χ1v) is 10.9. The van der Waals surface area contributed by atoms with Gasteiger partial charge in [-0.05, 0) is 40.5 Å². The second-order valence-electron chi connectivity index (χ2n) is 7.71. The minimum Gasteiger partial charge on any atom is -0.352 e. The molecule has 6 nitrogen and oxygen atoms in total. The van der Waals surface area contributed by atoms with Crippen LogP contribution in [-0.4, -0.2) is 28.1 Å². The van der Waals surface area contributed by atoms with E-state index in [1.165, 1.54) is 5.56 Å². The molecule has 0 fully saturated rings. The molecule has 0 unspecified atom stereocenters. The molecule has 4 aromatic rings. The third-order valence-electron chi connectivity index (χ3n) is 5.34. The van der Waals surface area contributed by atoms with E-state index in [1.54, 1.807) is 18.3 Å². The zero-order chi connectivity index (χ0) is 22.9. The lowest BCUT2D eigenvalue weighted by Crippen LogP contribution is -2.30. The van der Waals surface area contributed by atoms with Gasteiger partial charge in [-0.2, -0.15) is 5.10 Å². The maximum atomic E-state index is 12.3. The number of amides is 2. The van der Waals surface area contributed by atoms with E-state index in [2.05, 4.69) is 46.1 Å². The third-order valence-corrected chi connectivity index (χ3v) is 5.34. The molecule has 0 bridgehead atoms. The van der Waals surface area contributed by atoms with Gasteiger partial charge in [-0.15, -0.1) is 0 Å². The molecule has 0 aliphatic heterocycles. The molecule has 1 heterocycles. The molecular formula is C27H26N4O2. The summed E-state index contributed by atoms with van der Waals surface area (Å²) in [5.41, 5.74) is 4.98. The van der Waals surface area contributed by atoms with Crippen molar-refractivity contribution in [1.82, 2.24) is 20.4 Å². The van der Waals surface area contributed by atoms with Crippen LogP contribution in [0.1, 0.15) is 27.9 Å². The van der Waals surface area contributed by atoms with Gasteiger partial charge in [-0.1, -0.05) is 66.7 Å². The smallest absolute Gasteiger partial charge is 0.251 e. The normalized spacial score (nSPS) is 10.5. The van der Waals surface area contributed by atoms with Crippen molar-refractivity contribution in [2.75, 3.05) is 6.54 Å². The molecule has 0 radical (unpaired) electrons. The van der Waals surface area contributed by atoms with E-state index in [0.717, 1.165) is 23.2 Å². The molecule has 0 spiro atoms. The summed E-state index contributed by atoms with van der Waals surface area (Å²) in [6.07, 6.45) is 3.94. The zero-order valence-electron chi connectivity index (χ0n) is 18.3. The van der Waals surface area contributed by atoms with Gasteiger partial charge < -0.3 is 10.6 Å². The highest BCUT2D eigenvalue weighted by atomic mass is 16.2. The van der Waals surface area contributed by atoms with Crippen molar-refractivity contribution in [3.8, 4) is 11.1 Å². The molecule has 2 N–H and O–H groups in total. The van der Waals surface area contributed by atoms with E-state index >= 15 is 0 Å². The van der Waals surface area contributed by atoms with Crippen LogP contribution >= 0.6 is 0 Å². The summed E-state index contributed by atoms with van der Waals surface area (Å²) in [6, 6.07) is 27.3. The largest absolute Gasteiger partial charge is 0.352 e. The van der Waals surface area contributed by atoms with E-state index in [0.29, 0.717) is 18.7 Å². The number of carbonyl (C=O) groups is 2. The molecule has 0 aliphatic carbocycles. The van der Waals surface area contributed by atoms with Gasteiger partial charge in [-0.3, -0.25) is 14.3 Å². The topological polar surface area (TPSA) is 76.0 Å². The van der Waals surface area contributed by atoms with E-state index in [4.69, 9.17) is 0 Å². The fourth-order valence-corrected chi connectivity index (χ4v) is 3.59. The molecule has 33 heavy (non-hydrogen) atoms. The molecule has 4 rings (SSSR count). The number of nitrogens with one attached hydrogen (secondary N) is 2. The van der Waals surface area contributed by atoms with E-state index in [9.17, 15) is 9.59 Å². The standard InChI is InChI=1S/C27H26N4O2/c32-26(15-17-28-27(33)23-7-2-1-3-8-23)29-19-24-9-4-5-10-25(24)22-13-11-21(12-14-22)20-31-18-6-16-30-31/h1-14,16,18H,15,17,19-20H2,(H,28,33)(H,29,32). The van der Waals surface area contributed by atoms with Gasteiger partial charge in [0.25, 0.3) is 5.91 Å². The number of nitrogens with zero attached hydrogens (tertiary/aromatic N) is 2. The summed E-state index contributed by atoms with van der Waals surface area (Å²) >= 11 is 0. The second-order valence-corrected chi connectivity index (χ2v) is 7.71. The number of hydrogen-bond acceptors (Lipinski definition) is 3. The lowest BCUT2D eigenvalue weighted by molar-refractivity contribution is -0.121. The number of hydrogen-bond donors (Lipinski definition) is 2. The van der Waals surface area contributed by atoms with Gasteiger partial charge in [0, 0.05) is 37.5 Å². The zero-order valence-corrected chi connectivity index (χ0v) is 18.3. The Labute approximate surface area is 193 Å². The molecule has 166 valence electrons. The van der Waals surface area contributed by atoms with Crippen LogP contribution < -0.4 is 10.6 Å². The molecule has 1 aromatic heterocycles. The minimum absolute atomic E-state index is 0.104. The van der Waals surface area contributed by atoms with Crippen molar-refractivity contribution in [3.63, 3.8) is 0 Å². The lowest BCUT2D eigenvalue weighted by Gasteiger charge is -2.12. The van der Waals surface area contributed by atoms with Gasteiger partial charge in [-0.25, -0.2) is 0 Å². The number of aromatic nitrogens is 2. The molecule has 3 aromatic carbocycles. The van der Waals surface area contributed by atoms with Gasteiger partial charge >= 0.3 is 0 Å². The minimum atomic E-state index is -0.176. The van der Waals surface area contributed by atoms with Gasteiger partial charge in [0.05, 0.1) is 6.54 Å². The monoisotopic (exact) mass is 438 g/mol. The summed E-state index contributed by atoms with van der Waals surface area (Å²) in [5.74, 6) is -0.280. The third kappa shape index (κ3) is 6.17. The molecule has 0 saturated carbocycles. The summed E-state index contributed by atoms with van der Waals surface area (Å²) in [7, 11) is 0. The molecule has 0 aliphatic rings. The maximum Gasteiger partial charge on any atom is 0.251 e. The van der Waals surface area contributed by atoms with Gasteiger partial charge in [0.2, 0.25) is 5.91 Å². The number of rotatable bonds is 9. The molecule has 0 saturated heterocycles. The predicted octanol–water partition coefficient (Wildman–Crippen LogP) is 4.03. The summed E-state index contributed by atoms with van der Waals surface area (Å²) < 4.78 is 1.89. The Morgan fingerprint density at radius 1 is 0.818 bits per heavy atom. The van der Waals surface area contributed by atoms with Crippen molar-refractivity contribution in [1.29, 1.82) is 0 Å². The van der Waals surface area contributed by atoms with Crippen molar-refractivity contribution >= 4 is 11.8 Å². The first kappa shape index (κ1) is 22.0. The van der Waals surface area contributed by atoms with E-state index < -0.39 is 0 Å². The van der Waals surface area contributed by atoms with Crippen LogP contribution in [0.2, 0.25) is 0 Å². The van der Waals surface area contributed by atoms with Crippen LogP contribution in [0.4, 0.5) is 0 Å². The highest BCUT2D eigenvalue weighted by Crippen LogP contribution is 2.24. The fourth-order valence-electron chi connectivity index (χ4n) is 3.59. The predicted molar refractivity (Wildman–Crippen MR) is 128 cm³/mol. The Hall–Kier alpha value is -4.19. The van der Waals surface area contributed by atoms with Crippen molar-refractivity contribution in [3.05, 3.63) is 114 Å². The van der Waals surface area contributed by atoms with Crippen LogP contribution in [0.5, 0.6) is 0 Å². The Balaban J connectivity index is 1.30. The number of carbonyl (C=O) groups excluding carboxylic acids is 2. The van der Waals surface area contributed by atoms with Crippen LogP contribution in [0.25, 0.3) is 11.1 Å². The summed E-state index contributed by atoms with van der Waals surface area (Å²) in [4.78, 5) is 24.4. The number of benzene rings is 3. The summed E-state index contributed by atoms with van der Waals surface area (Å²) in [5, 5.41) is 9.99. The Morgan fingerprint density at radius 2 is 1.58 bits per heavy atom. The highest BCUT2D eigenvalue weighted by molar-refractivity contribution is 5.94. The average molecular weight is 439 g/mol. The van der Waals surface area contributed by atoms with Crippen molar-refractivity contribution < 1.29 is 9.59 Å². The molecule has 2 amide bonds. The Morgan fingerprint density at radius 3 is 2.33 bits per heavy atom. The summed E-state index contributed by atoms with van der Waals surface area (Å²) in [6.45, 7) is 1.45. The SMILES string of the molecule is O=C(CCNC(=O)c1ccccc1)NCc1ccccc1-c1ccc(Cn2cccn2)cc1. The molecule has 0 atom stereocenters. The maximum absolute atomic E-state index is 12.3. The second kappa shape index (κ2) is 10.9. The molecule has 6 heteroatoms. The molecular weight excluding hydrogens is 412 g/mol. The van der Waals surface area contributed by atoms with E-state index in [1.807, 2.05) is 53.3 Å². The van der Waals surface area contributed by atoms with Crippen LogP contribution in [0.15, 0.2) is 97.3 Å². The van der Waals surface area contributed by atoms with Crippen molar-refractivity contribution in [2.24, 2.45) is 0 Å². The lowest BCUT2D eigenvalue weighted by atomic mass is 9.98. The first-order chi connectivity index (χ1) is 16.2. The van der Waals surface area contributed by atoms with Gasteiger partial charge in [0.1, 0.15) is 0 Å². The fraction of sp³-hybridized carbons (Fsp3) is 0.148. The Kier molecular flexibility index (Phi) is 7.28. The first-order valence-electron chi connectivity index (χ1n) is 10.9. The Bertz CT molecular complexity index is 1190. The van der Waals surface area contributed by atoms with Gasteiger partial charge in [0.15, 0.2) is 0 Å².